The van der Waals surface area contributed by atoms with Gasteiger partial charge in [-0.1, -0.05) is 6.07 Å². The molecular weight excluding hydrogens is 376 g/mol. The van der Waals surface area contributed by atoms with Crippen molar-refractivity contribution in [3.63, 3.8) is 0 Å². The summed E-state index contributed by atoms with van der Waals surface area (Å²) in [5.74, 6) is 1.11. The van der Waals surface area contributed by atoms with Gasteiger partial charge in [0.1, 0.15) is 5.75 Å². The highest BCUT2D eigenvalue weighted by molar-refractivity contribution is 8.18. The van der Waals surface area contributed by atoms with Crippen molar-refractivity contribution < 1.29 is 19.4 Å². The van der Waals surface area contributed by atoms with Gasteiger partial charge < -0.3 is 14.6 Å². The maximum atomic E-state index is 12.8. The van der Waals surface area contributed by atoms with E-state index in [1.54, 1.807) is 29.2 Å². The number of methoxy groups -OCH3 is 1. The Hall–Kier alpha value is -2.93. The van der Waals surface area contributed by atoms with Gasteiger partial charge in [0, 0.05) is 6.54 Å². The molecule has 0 atom stereocenters. The van der Waals surface area contributed by atoms with Gasteiger partial charge in [0.05, 0.1) is 24.3 Å². The van der Waals surface area contributed by atoms with Gasteiger partial charge in [-0.2, -0.15) is 0 Å². The summed E-state index contributed by atoms with van der Waals surface area (Å²) in [5.41, 5.74) is 1.52. The predicted molar refractivity (Wildman–Crippen MR) is 112 cm³/mol. The second kappa shape index (κ2) is 8.84. The molecule has 146 valence electrons. The van der Waals surface area contributed by atoms with Crippen LogP contribution < -0.4 is 9.47 Å². The van der Waals surface area contributed by atoms with E-state index in [0.29, 0.717) is 29.0 Å². The molecule has 6 nitrogen and oxygen atoms in total. The Morgan fingerprint density at radius 3 is 2.57 bits per heavy atom. The minimum absolute atomic E-state index is 0.0583. The van der Waals surface area contributed by atoms with E-state index in [-0.39, 0.29) is 11.7 Å². The molecule has 3 rings (SSSR count). The molecule has 0 unspecified atom stereocenters. The number of nitrogens with zero attached hydrogens (tertiary/aromatic N) is 2. The molecule has 1 saturated heterocycles. The standard InChI is InChI=1S/C21H22N2O4S/c1-4-23-20(25)19(13-14-6-11-17(24)18(12-14)26-3)28-21(23)22-15-7-9-16(10-8-15)27-5-2/h6-13,24H,4-5H2,1-3H3. The van der Waals surface area contributed by atoms with Gasteiger partial charge in [-0.3, -0.25) is 9.69 Å². The van der Waals surface area contributed by atoms with E-state index in [9.17, 15) is 9.90 Å². The van der Waals surface area contributed by atoms with E-state index in [2.05, 4.69) is 4.99 Å². The van der Waals surface area contributed by atoms with Crippen LogP contribution in [0.5, 0.6) is 17.2 Å². The number of carbonyl (C=O) groups excluding carboxylic acids is 1. The van der Waals surface area contributed by atoms with Crippen molar-refractivity contribution in [3.8, 4) is 17.2 Å². The van der Waals surface area contributed by atoms with Crippen LogP contribution >= 0.6 is 11.8 Å². The van der Waals surface area contributed by atoms with E-state index in [1.165, 1.54) is 18.9 Å². The van der Waals surface area contributed by atoms with Crippen molar-refractivity contribution >= 4 is 34.6 Å². The molecule has 1 aliphatic rings. The fraction of sp³-hybridized carbons (Fsp3) is 0.238. The minimum Gasteiger partial charge on any atom is -0.504 e. The van der Waals surface area contributed by atoms with Gasteiger partial charge in [0.2, 0.25) is 0 Å². The summed E-state index contributed by atoms with van der Waals surface area (Å²) in [7, 11) is 1.49. The van der Waals surface area contributed by atoms with E-state index in [4.69, 9.17) is 9.47 Å². The first-order chi connectivity index (χ1) is 13.5. The van der Waals surface area contributed by atoms with Crippen molar-refractivity contribution in [2.45, 2.75) is 13.8 Å². The van der Waals surface area contributed by atoms with Gasteiger partial charge in [-0.15, -0.1) is 0 Å². The highest BCUT2D eigenvalue weighted by atomic mass is 32.2. The molecule has 0 aliphatic carbocycles. The van der Waals surface area contributed by atoms with Crippen molar-refractivity contribution in [1.29, 1.82) is 0 Å². The van der Waals surface area contributed by atoms with Crippen LogP contribution in [0.25, 0.3) is 6.08 Å². The first-order valence-corrected chi connectivity index (χ1v) is 9.77. The first-order valence-electron chi connectivity index (χ1n) is 8.95. The molecule has 7 heteroatoms. The Balaban J connectivity index is 1.87. The molecule has 0 spiro atoms. The molecule has 28 heavy (non-hydrogen) atoms. The zero-order chi connectivity index (χ0) is 20.1. The number of amidine groups is 1. The molecule has 0 saturated carbocycles. The van der Waals surface area contributed by atoms with Crippen molar-refractivity contribution in [2.24, 2.45) is 4.99 Å². The number of rotatable bonds is 6. The molecule has 0 bridgehead atoms. The van der Waals surface area contributed by atoms with Gasteiger partial charge >= 0.3 is 0 Å². The Bertz CT molecular complexity index is 923. The molecule has 2 aromatic rings. The van der Waals surface area contributed by atoms with Crippen LogP contribution in [0.4, 0.5) is 5.69 Å². The monoisotopic (exact) mass is 398 g/mol. The molecule has 1 aliphatic heterocycles. The Kier molecular flexibility index (Phi) is 6.26. The number of aromatic hydroxyl groups is 1. The number of aliphatic imine (C=N–C) groups is 1. The zero-order valence-electron chi connectivity index (χ0n) is 16.0. The van der Waals surface area contributed by atoms with Crippen molar-refractivity contribution in [3.05, 3.63) is 52.9 Å². The van der Waals surface area contributed by atoms with Crippen molar-refractivity contribution in [1.82, 2.24) is 4.90 Å². The molecule has 1 heterocycles. The quantitative estimate of drug-likeness (QED) is 0.729. The van der Waals surface area contributed by atoms with Gasteiger partial charge in [0.25, 0.3) is 5.91 Å². The van der Waals surface area contributed by atoms with Gasteiger partial charge in [0.15, 0.2) is 16.7 Å². The molecule has 2 aromatic carbocycles. The Morgan fingerprint density at radius 2 is 1.93 bits per heavy atom. The number of amides is 1. The zero-order valence-corrected chi connectivity index (χ0v) is 16.8. The highest BCUT2D eigenvalue weighted by Crippen LogP contribution is 2.35. The maximum absolute atomic E-state index is 12.8. The number of likely N-dealkylation sites (N-methyl/N-ethyl adjacent to an activating group) is 1. The highest BCUT2D eigenvalue weighted by Gasteiger charge is 2.32. The lowest BCUT2D eigenvalue weighted by Crippen LogP contribution is -2.28. The minimum atomic E-state index is -0.0933. The van der Waals surface area contributed by atoms with Crippen molar-refractivity contribution in [2.75, 3.05) is 20.3 Å². The number of hydrogen-bond acceptors (Lipinski definition) is 6. The third kappa shape index (κ3) is 4.31. The summed E-state index contributed by atoms with van der Waals surface area (Å²) in [6, 6.07) is 12.4. The normalized spacial score (nSPS) is 16.8. The van der Waals surface area contributed by atoms with Gasteiger partial charge in [-0.05, 0) is 73.6 Å². The molecule has 1 N–H and O–H groups in total. The van der Waals surface area contributed by atoms with Crippen LogP contribution in [-0.2, 0) is 4.79 Å². The average molecular weight is 398 g/mol. The topological polar surface area (TPSA) is 71.4 Å². The van der Waals surface area contributed by atoms with Crippen LogP contribution in [0.3, 0.4) is 0 Å². The fourth-order valence-corrected chi connectivity index (χ4v) is 3.76. The maximum Gasteiger partial charge on any atom is 0.266 e. The number of carbonyl (C=O) groups is 1. The summed E-state index contributed by atoms with van der Waals surface area (Å²) in [5, 5.41) is 10.4. The number of ether oxygens (including phenoxy) is 2. The Labute approximate surface area is 168 Å². The predicted octanol–water partition coefficient (Wildman–Crippen LogP) is 4.42. The average Bonchev–Trinajstić information content (AvgIpc) is 2.99. The number of thioether (sulfide) groups is 1. The van der Waals surface area contributed by atoms with E-state index in [1.807, 2.05) is 38.1 Å². The van der Waals surface area contributed by atoms with E-state index >= 15 is 0 Å². The number of phenols is 1. The number of phenolic OH excluding ortho intramolecular Hbond substituents is 1. The SMILES string of the molecule is CCOc1ccc(N=C2SC(=Cc3ccc(O)c(OC)c3)C(=O)N2CC)cc1. The molecule has 0 radical (unpaired) electrons. The molecule has 1 amide bonds. The van der Waals surface area contributed by atoms with Crippen LogP contribution in [0.2, 0.25) is 0 Å². The number of benzene rings is 2. The number of hydrogen-bond donors (Lipinski definition) is 1. The van der Waals surface area contributed by atoms with E-state index < -0.39 is 0 Å². The smallest absolute Gasteiger partial charge is 0.266 e. The lowest BCUT2D eigenvalue weighted by molar-refractivity contribution is -0.122. The largest absolute Gasteiger partial charge is 0.504 e. The second-order valence-corrected chi connectivity index (χ2v) is 6.92. The summed E-state index contributed by atoms with van der Waals surface area (Å²) >= 11 is 1.33. The summed E-state index contributed by atoms with van der Waals surface area (Å²) in [6.07, 6.45) is 1.78. The molecule has 1 fully saturated rings. The summed E-state index contributed by atoms with van der Waals surface area (Å²) < 4.78 is 10.6. The third-order valence-corrected chi connectivity index (χ3v) is 5.08. The molecular formula is C21H22N2O4S. The van der Waals surface area contributed by atoms with Crippen LogP contribution in [-0.4, -0.2) is 41.3 Å². The fourth-order valence-electron chi connectivity index (χ4n) is 2.70. The lowest BCUT2D eigenvalue weighted by Gasteiger charge is -2.12. The van der Waals surface area contributed by atoms with E-state index in [0.717, 1.165) is 17.0 Å². The van der Waals surface area contributed by atoms with Crippen LogP contribution in [0, 0.1) is 0 Å². The first kappa shape index (κ1) is 19.8. The van der Waals surface area contributed by atoms with Gasteiger partial charge in [-0.25, -0.2) is 4.99 Å². The lowest BCUT2D eigenvalue weighted by atomic mass is 10.2. The Morgan fingerprint density at radius 1 is 1.18 bits per heavy atom. The summed E-state index contributed by atoms with van der Waals surface area (Å²) in [6.45, 7) is 4.99. The van der Waals surface area contributed by atoms with Crippen LogP contribution in [0.15, 0.2) is 52.4 Å². The van der Waals surface area contributed by atoms with Crippen LogP contribution in [0.1, 0.15) is 19.4 Å². The second-order valence-electron chi connectivity index (χ2n) is 5.91. The molecule has 0 aromatic heterocycles. The summed E-state index contributed by atoms with van der Waals surface area (Å²) in [4.78, 5) is 19.6. The third-order valence-electron chi connectivity index (χ3n) is 4.08.